The van der Waals surface area contributed by atoms with Crippen LogP contribution < -0.4 is 0 Å². The van der Waals surface area contributed by atoms with Crippen molar-refractivity contribution in [3.8, 4) is 33.9 Å². The van der Waals surface area contributed by atoms with E-state index in [9.17, 15) is 0 Å². The maximum Gasteiger partial charge on any atom is 0.200 e. The minimum atomic E-state index is 0.527. The second kappa shape index (κ2) is 7.57. The van der Waals surface area contributed by atoms with Gasteiger partial charge in [-0.3, -0.25) is 0 Å². The van der Waals surface area contributed by atoms with Gasteiger partial charge in [-0.2, -0.15) is 0 Å². The van der Waals surface area contributed by atoms with E-state index >= 15 is 0 Å². The van der Waals surface area contributed by atoms with Crippen LogP contribution in [0.1, 0.15) is 0 Å². The van der Waals surface area contributed by atoms with Crippen molar-refractivity contribution in [1.29, 1.82) is 0 Å². The molecule has 0 saturated heterocycles. The number of benzene rings is 4. The van der Waals surface area contributed by atoms with Gasteiger partial charge in [-0.25, -0.2) is 15.0 Å². The summed E-state index contributed by atoms with van der Waals surface area (Å²) in [6.07, 6.45) is 0. The zero-order chi connectivity index (χ0) is 19.6. The van der Waals surface area contributed by atoms with E-state index in [1.807, 2.05) is 30.3 Å². The molecule has 4 heteroatoms. The standard InChI is InChI=1S/C25H16BrN3/c26-25-28-23(19-8-2-1-3-9-19)27-24(29-25)20-15-13-18(14-16-20)22-12-6-10-17-7-4-5-11-21(17)22/h1-16H. The normalized spacial score (nSPS) is 10.9. The van der Waals surface area contributed by atoms with Gasteiger partial charge in [-0.05, 0) is 37.8 Å². The molecule has 29 heavy (non-hydrogen) atoms. The number of nitrogens with zero attached hydrogens (tertiary/aromatic N) is 3. The summed E-state index contributed by atoms with van der Waals surface area (Å²) < 4.78 is 0.527. The van der Waals surface area contributed by atoms with Gasteiger partial charge < -0.3 is 0 Å². The highest BCUT2D eigenvalue weighted by molar-refractivity contribution is 9.10. The second-order valence-corrected chi connectivity index (χ2v) is 7.43. The molecule has 138 valence electrons. The van der Waals surface area contributed by atoms with Crippen LogP contribution in [-0.2, 0) is 0 Å². The summed E-state index contributed by atoms with van der Waals surface area (Å²) in [5.41, 5.74) is 4.30. The van der Waals surface area contributed by atoms with E-state index in [2.05, 4.69) is 97.6 Å². The van der Waals surface area contributed by atoms with Gasteiger partial charge in [0.25, 0.3) is 0 Å². The van der Waals surface area contributed by atoms with Crippen molar-refractivity contribution < 1.29 is 0 Å². The van der Waals surface area contributed by atoms with Crippen LogP contribution in [-0.4, -0.2) is 15.0 Å². The maximum atomic E-state index is 4.67. The van der Waals surface area contributed by atoms with E-state index in [4.69, 9.17) is 0 Å². The maximum absolute atomic E-state index is 4.67. The third kappa shape index (κ3) is 3.55. The summed E-state index contributed by atoms with van der Waals surface area (Å²) in [4.78, 5) is 13.6. The smallest absolute Gasteiger partial charge is 0.200 e. The van der Waals surface area contributed by atoms with Crippen LogP contribution in [0.25, 0.3) is 44.7 Å². The first kappa shape index (κ1) is 17.7. The SMILES string of the molecule is Brc1nc(-c2ccccc2)nc(-c2ccc(-c3cccc4ccccc34)cc2)n1. The van der Waals surface area contributed by atoms with E-state index in [1.165, 1.54) is 21.9 Å². The van der Waals surface area contributed by atoms with Crippen LogP contribution in [0, 0.1) is 0 Å². The highest BCUT2D eigenvalue weighted by Crippen LogP contribution is 2.30. The van der Waals surface area contributed by atoms with Crippen LogP contribution in [0.3, 0.4) is 0 Å². The molecule has 3 nitrogen and oxygen atoms in total. The van der Waals surface area contributed by atoms with Gasteiger partial charge in [-0.1, -0.05) is 97.1 Å². The van der Waals surface area contributed by atoms with E-state index in [0.29, 0.717) is 16.4 Å². The third-order valence-electron chi connectivity index (χ3n) is 4.88. The number of hydrogen-bond acceptors (Lipinski definition) is 3. The molecule has 0 aliphatic carbocycles. The minimum Gasteiger partial charge on any atom is -0.208 e. The van der Waals surface area contributed by atoms with Crippen molar-refractivity contribution in [2.24, 2.45) is 0 Å². The lowest BCUT2D eigenvalue weighted by atomic mass is 9.97. The quantitative estimate of drug-likeness (QED) is 0.311. The predicted molar refractivity (Wildman–Crippen MR) is 121 cm³/mol. The summed E-state index contributed by atoms with van der Waals surface area (Å²) in [7, 11) is 0. The Balaban J connectivity index is 1.55. The Bertz CT molecular complexity index is 1290. The zero-order valence-electron chi connectivity index (χ0n) is 15.5. The number of halogens is 1. The fourth-order valence-corrected chi connectivity index (χ4v) is 3.81. The van der Waals surface area contributed by atoms with E-state index in [0.717, 1.165) is 11.1 Å². The molecule has 4 aromatic carbocycles. The van der Waals surface area contributed by atoms with Crippen molar-refractivity contribution >= 4 is 26.7 Å². The zero-order valence-corrected chi connectivity index (χ0v) is 17.0. The van der Waals surface area contributed by atoms with Crippen molar-refractivity contribution in [2.45, 2.75) is 0 Å². The minimum absolute atomic E-state index is 0.527. The highest BCUT2D eigenvalue weighted by Gasteiger charge is 2.10. The first-order valence-electron chi connectivity index (χ1n) is 9.33. The Labute approximate surface area is 177 Å². The van der Waals surface area contributed by atoms with Crippen LogP contribution in [0.4, 0.5) is 0 Å². The summed E-state index contributed by atoms with van der Waals surface area (Å²) in [6, 6.07) is 33.1. The van der Waals surface area contributed by atoms with Gasteiger partial charge in [-0.15, -0.1) is 0 Å². The lowest BCUT2D eigenvalue weighted by molar-refractivity contribution is 1.03. The first-order chi connectivity index (χ1) is 14.3. The Morgan fingerprint density at radius 1 is 0.483 bits per heavy atom. The van der Waals surface area contributed by atoms with Gasteiger partial charge in [0.1, 0.15) is 0 Å². The molecule has 1 aromatic heterocycles. The largest absolute Gasteiger partial charge is 0.208 e. The van der Waals surface area contributed by atoms with E-state index in [1.54, 1.807) is 0 Å². The molecule has 0 atom stereocenters. The lowest BCUT2D eigenvalue weighted by Crippen LogP contribution is -1.97. The van der Waals surface area contributed by atoms with Crippen molar-refractivity contribution in [2.75, 3.05) is 0 Å². The van der Waals surface area contributed by atoms with Crippen molar-refractivity contribution in [3.63, 3.8) is 0 Å². The Morgan fingerprint density at radius 2 is 1.07 bits per heavy atom. The fourth-order valence-electron chi connectivity index (χ4n) is 3.47. The molecule has 0 fully saturated rings. The van der Waals surface area contributed by atoms with Crippen LogP contribution >= 0.6 is 15.9 Å². The third-order valence-corrected chi connectivity index (χ3v) is 5.24. The van der Waals surface area contributed by atoms with Crippen LogP contribution in [0.2, 0.25) is 0 Å². The Morgan fingerprint density at radius 3 is 1.83 bits per heavy atom. The summed E-state index contributed by atoms with van der Waals surface area (Å²) in [5, 5.41) is 2.49. The van der Waals surface area contributed by atoms with Gasteiger partial charge in [0.05, 0.1) is 0 Å². The molecule has 0 unspecified atom stereocenters. The number of rotatable bonds is 3. The topological polar surface area (TPSA) is 38.7 Å². The molecule has 0 N–H and O–H groups in total. The molecule has 5 rings (SSSR count). The summed E-state index contributed by atoms with van der Waals surface area (Å²) in [6.45, 7) is 0. The molecule has 0 bridgehead atoms. The second-order valence-electron chi connectivity index (χ2n) is 6.72. The van der Waals surface area contributed by atoms with E-state index in [-0.39, 0.29) is 0 Å². The van der Waals surface area contributed by atoms with Gasteiger partial charge in [0.2, 0.25) is 4.73 Å². The molecular formula is C25H16BrN3. The highest BCUT2D eigenvalue weighted by atomic mass is 79.9. The van der Waals surface area contributed by atoms with Crippen molar-refractivity contribution in [1.82, 2.24) is 15.0 Å². The molecule has 0 radical (unpaired) electrons. The predicted octanol–water partition coefficient (Wildman–Crippen LogP) is 6.79. The molecule has 1 heterocycles. The monoisotopic (exact) mass is 437 g/mol. The molecule has 5 aromatic rings. The molecule has 0 spiro atoms. The number of aromatic nitrogens is 3. The lowest BCUT2D eigenvalue weighted by Gasteiger charge is -2.09. The molecule has 0 saturated carbocycles. The molecular weight excluding hydrogens is 422 g/mol. The number of hydrogen-bond donors (Lipinski definition) is 0. The molecule has 0 amide bonds. The van der Waals surface area contributed by atoms with Crippen LogP contribution in [0.5, 0.6) is 0 Å². The summed E-state index contributed by atoms with van der Waals surface area (Å²) in [5.74, 6) is 1.30. The van der Waals surface area contributed by atoms with Gasteiger partial charge in [0.15, 0.2) is 11.6 Å². The van der Waals surface area contributed by atoms with Gasteiger partial charge >= 0.3 is 0 Å². The van der Waals surface area contributed by atoms with Crippen LogP contribution in [0.15, 0.2) is 102 Å². The summed E-state index contributed by atoms with van der Waals surface area (Å²) >= 11 is 3.42. The first-order valence-corrected chi connectivity index (χ1v) is 10.1. The van der Waals surface area contributed by atoms with Gasteiger partial charge in [0, 0.05) is 11.1 Å². The molecule has 0 aliphatic heterocycles. The van der Waals surface area contributed by atoms with E-state index < -0.39 is 0 Å². The Kier molecular flexibility index (Phi) is 4.62. The average Bonchev–Trinajstić information content (AvgIpc) is 2.79. The average molecular weight is 438 g/mol. The Hall–Kier alpha value is -3.37. The number of fused-ring (bicyclic) bond motifs is 1. The molecule has 0 aliphatic rings. The fraction of sp³-hybridized carbons (Fsp3) is 0. The van der Waals surface area contributed by atoms with Crippen molar-refractivity contribution in [3.05, 3.63) is 102 Å².